The summed E-state index contributed by atoms with van der Waals surface area (Å²) in [7, 11) is 0. The van der Waals surface area contributed by atoms with Gasteiger partial charge in [-0.25, -0.2) is 0 Å². The van der Waals surface area contributed by atoms with E-state index in [9.17, 15) is 19.7 Å². The van der Waals surface area contributed by atoms with Crippen LogP contribution in [0.3, 0.4) is 0 Å². The van der Waals surface area contributed by atoms with Crippen molar-refractivity contribution >= 4 is 45.2 Å². The van der Waals surface area contributed by atoms with Crippen LogP contribution in [-0.4, -0.2) is 49.7 Å². The van der Waals surface area contributed by atoms with Crippen LogP contribution in [0, 0.1) is 17.0 Å². The van der Waals surface area contributed by atoms with Gasteiger partial charge in [0.25, 0.3) is 5.91 Å². The summed E-state index contributed by atoms with van der Waals surface area (Å²) in [4.78, 5) is 38.5. The lowest BCUT2D eigenvalue weighted by molar-refractivity contribution is -0.390. The predicted molar refractivity (Wildman–Crippen MR) is 111 cm³/mol. The molecule has 0 aliphatic carbocycles. The Morgan fingerprint density at radius 1 is 1.26 bits per heavy atom. The second kappa shape index (κ2) is 9.66. The van der Waals surface area contributed by atoms with E-state index in [1.807, 2.05) is 0 Å². The highest BCUT2D eigenvalue weighted by Gasteiger charge is 2.25. The number of nitro groups is 1. The van der Waals surface area contributed by atoms with E-state index in [1.54, 1.807) is 31.2 Å². The van der Waals surface area contributed by atoms with Gasteiger partial charge in [0.05, 0.1) is 21.4 Å². The molecule has 0 saturated carbocycles. The molecule has 14 heteroatoms. The third kappa shape index (κ3) is 5.24. The maximum Gasteiger partial charge on any atom is 0.404 e. The van der Waals surface area contributed by atoms with Crippen LogP contribution < -0.4 is 10.6 Å². The quantitative estimate of drug-likeness (QED) is 0.264. The first-order chi connectivity index (χ1) is 14.8. The molecular formula is C17H15BrClN7O5. The zero-order valence-electron chi connectivity index (χ0n) is 16.0. The molecule has 0 atom stereocenters. The molecule has 2 N–H and O–H groups in total. The topological polar surface area (TPSA) is 158 Å². The fourth-order valence-electron chi connectivity index (χ4n) is 2.49. The first-order valence-electron chi connectivity index (χ1n) is 8.78. The second-order valence-electron chi connectivity index (χ2n) is 6.15. The average Bonchev–Trinajstić information content (AvgIpc) is 3.31. The van der Waals surface area contributed by atoms with Crippen LogP contribution in [-0.2, 0) is 6.54 Å². The van der Waals surface area contributed by atoms with Crippen molar-refractivity contribution in [3.05, 3.63) is 66.8 Å². The molecule has 1 aromatic carbocycles. The lowest BCUT2D eigenvalue weighted by atomic mass is 10.2. The molecule has 0 saturated heterocycles. The Morgan fingerprint density at radius 3 is 2.58 bits per heavy atom. The number of nitrogens with zero attached hydrogens (tertiary/aromatic N) is 5. The van der Waals surface area contributed by atoms with Crippen molar-refractivity contribution in [1.82, 2.24) is 30.6 Å². The van der Waals surface area contributed by atoms with Gasteiger partial charge >= 0.3 is 17.6 Å². The van der Waals surface area contributed by atoms with Gasteiger partial charge in [0.15, 0.2) is 5.82 Å². The predicted octanol–water partition coefficient (Wildman–Crippen LogP) is 2.11. The van der Waals surface area contributed by atoms with Crippen molar-refractivity contribution in [2.24, 2.45) is 0 Å². The van der Waals surface area contributed by atoms with Gasteiger partial charge in [-0.2, -0.15) is 9.67 Å². The van der Waals surface area contributed by atoms with E-state index in [-0.39, 0.29) is 47.5 Å². The minimum absolute atomic E-state index is 0.0249. The molecule has 3 aromatic rings. The largest absolute Gasteiger partial charge is 0.404 e. The highest BCUT2D eigenvalue weighted by atomic mass is 79.9. The monoisotopic (exact) mass is 511 g/mol. The van der Waals surface area contributed by atoms with E-state index in [2.05, 4.69) is 41.8 Å². The summed E-state index contributed by atoms with van der Waals surface area (Å²) in [6, 6.07) is 6.60. The Labute approximate surface area is 188 Å². The normalized spacial score (nSPS) is 10.7. The molecule has 3 rings (SSSR count). The zero-order chi connectivity index (χ0) is 22.5. The van der Waals surface area contributed by atoms with Crippen molar-refractivity contribution in [2.45, 2.75) is 13.5 Å². The highest BCUT2D eigenvalue weighted by molar-refractivity contribution is 9.10. The summed E-state index contributed by atoms with van der Waals surface area (Å²) in [5, 5.41) is 24.0. The maximum absolute atomic E-state index is 12.1. The van der Waals surface area contributed by atoms with Crippen LogP contribution in [0.15, 0.2) is 33.3 Å². The molecule has 0 radical (unpaired) electrons. The second-order valence-corrected chi connectivity index (χ2v) is 7.35. The number of rotatable bonds is 8. The third-order valence-corrected chi connectivity index (χ3v) is 5.32. The Morgan fingerprint density at radius 2 is 1.94 bits per heavy atom. The van der Waals surface area contributed by atoms with Crippen LogP contribution in [0.5, 0.6) is 0 Å². The van der Waals surface area contributed by atoms with E-state index < -0.39 is 10.8 Å². The molecule has 31 heavy (non-hydrogen) atoms. The van der Waals surface area contributed by atoms with Gasteiger partial charge in [-0.15, -0.1) is 0 Å². The summed E-state index contributed by atoms with van der Waals surface area (Å²) in [6.07, 6.45) is 0. The molecule has 2 aromatic heterocycles. The van der Waals surface area contributed by atoms with Gasteiger partial charge in [-0.3, -0.25) is 9.59 Å². The van der Waals surface area contributed by atoms with E-state index in [4.69, 9.17) is 16.1 Å². The molecule has 0 spiro atoms. The van der Waals surface area contributed by atoms with Gasteiger partial charge in [0.1, 0.15) is 11.0 Å². The van der Waals surface area contributed by atoms with Crippen LogP contribution in [0.2, 0.25) is 5.02 Å². The number of hydrogen-bond donors (Lipinski definition) is 2. The zero-order valence-corrected chi connectivity index (χ0v) is 18.3. The van der Waals surface area contributed by atoms with Crippen molar-refractivity contribution < 1.29 is 19.0 Å². The lowest BCUT2D eigenvalue weighted by Crippen LogP contribution is -2.34. The van der Waals surface area contributed by atoms with Gasteiger partial charge in [0, 0.05) is 13.1 Å². The molecule has 12 nitrogen and oxygen atoms in total. The van der Waals surface area contributed by atoms with Crippen LogP contribution in [0.25, 0.3) is 0 Å². The Bertz CT molecular complexity index is 1150. The minimum Gasteiger partial charge on any atom is -0.358 e. The minimum atomic E-state index is -0.630. The van der Waals surface area contributed by atoms with E-state index >= 15 is 0 Å². The first kappa shape index (κ1) is 22.4. The van der Waals surface area contributed by atoms with Crippen molar-refractivity contribution in [3.63, 3.8) is 0 Å². The Kier molecular flexibility index (Phi) is 6.97. The number of nitrogens with one attached hydrogen (secondary N) is 2. The number of benzene rings is 1. The Hall–Kier alpha value is -3.32. The smallest absolute Gasteiger partial charge is 0.358 e. The van der Waals surface area contributed by atoms with Gasteiger partial charge in [-0.05, 0) is 39.9 Å². The highest BCUT2D eigenvalue weighted by Crippen LogP contribution is 2.27. The van der Waals surface area contributed by atoms with Gasteiger partial charge in [-0.1, -0.05) is 28.9 Å². The van der Waals surface area contributed by atoms with Crippen molar-refractivity contribution in [2.75, 3.05) is 13.1 Å². The van der Waals surface area contributed by atoms with E-state index in [1.165, 1.54) is 4.68 Å². The summed E-state index contributed by atoms with van der Waals surface area (Å²) >= 11 is 9.07. The number of halogens is 2. The maximum atomic E-state index is 12.1. The molecule has 0 aliphatic rings. The number of aromatic nitrogens is 4. The summed E-state index contributed by atoms with van der Waals surface area (Å²) < 4.78 is 6.49. The van der Waals surface area contributed by atoms with E-state index in [0.717, 1.165) is 0 Å². The number of hydrogen-bond acceptors (Lipinski definition) is 8. The molecule has 0 aliphatic heterocycles. The fraction of sp³-hybridized carbons (Fsp3) is 0.235. The molecule has 0 bridgehead atoms. The number of amides is 2. The van der Waals surface area contributed by atoms with E-state index in [0.29, 0.717) is 16.3 Å². The lowest BCUT2D eigenvalue weighted by Gasteiger charge is -2.06. The first-order valence-corrected chi connectivity index (χ1v) is 9.95. The van der Waals surface area contributed by atoms with Gasteiger partial charge < -0.3 is 25.3 Å². The number of carbonyl (C=O) groups excluding carboxylic acids is 2. The molecule has 162 valence electrons. The SMILES string of the molecule is Cc1c(Br)c([N+](=O)[O-])nn1Cc1noc(C(=O)NCCNC(=O)c2ccccc2Cl)n1. The van der Waals surface area contributed by atoms with Crippen molar-refractivity contribution in [3.8, 4) is 0 Å². The summed E-state index contributed by atoms with van der Waals surface area (Å²) in [6.45, 7) is 1.88. The average molecular weight is 513 g/mol. The molecule has 2 heterocycles. The Balaban J connectivity index is 1.51. The van der Waals surface area contributed by atoms with Gasteiger partial charge in [0.2, 0.25) is 0 Å². The molecule has 2 amide bonds. The standard InChI is InChI=1S/C17H15BrClN7O5/c1-9-13(18)14(26(29)30)23-25(9)8-12-22-17(31-24-12)16(28)21-7-6-20-15(27)10-4-2-3-5-11(10)19/h2-5H,6-8H2,1H3,(H,20,27)(H,21,28). The van der Waals surface area contributed by atoms with Crippen molar-refractivity contribution in [1.29, 1.82) is 0 Å². The molecule has 0 fully saturated rings. The summed E-state index contributed by atoms with van der Waals surface area (Å²) in [5.74, 6) is -1.50. The third-order valence-electron chi connectivity index (χ3n) is 4.06. The fourth-order valence-corrected chi connectivity index (χ4v) is 3.14. The summed E-state index contributed by atoms with van der Waals surface area (Å²) in [5.41, 5.74) is 0.828. The van der Waals surface area contributed by atoms with Crippen LogP contribution in [0.4, 0.5) is 5.82 Å². The molecule has 0 unspecified atom stereocenters. The van der Waals surface area contributed by atoms with Crippen LogP contribution >= 0.6 is 27.5 Å². The number of carbonyl (C=O) groups is 2. The van der Waals surface area contributed by atoms with Crippen LogP contribution in [0.1, 0.15) is 32.6 Å². The molecular weight excluding hydrogens is 498 g/mol.